The van der Waals surface area contributed by atoms with Crippen molar-refractivity contribution in [3.05, 3.63) is 97.3 Å². The molecule has 1 N–H and O–H groups in total. The number of rotatable bonds is 6. The largest absolute Gasteiger partial charge is 0.467 e. The van der Waals surface area contributed by atoms with Crippen molar-refractivity contribution in [1.82, 2.24) is 5.32 Å². The van der Waals surface area contributed by atoms with E-state index in [0.29, 0.717) is 27.9 Å². The van der Waals surface area contributed by atoms with Gasteiger partial charge in [0.25, 0.3) is 5.91 Å². The molecule has 10 heteroatoms. The van der Waals surface area contributed by atoms with Gasteiger partial charge in [-0.2, -0.15) is 5.26 Å². The van der Waals surface area contributed by atoms with E-state index in [1.54, 1.807) is 54.6 Å². The quantitative estimate of drug-likeness (QED) is 0.283. The van der Waals surface area contributed by atoms with Crippen LogP contribution in [0.15, 0.2) is 80.4 Å². The molecular formula is C24H16BrCl2N3O3S. The van der Waals surface area contributed by atoms with Gasteiger partial charge in [0.15, 0.2) is 0 Å². The van der Waals surface area contributed by atoms with E-state index >= 15 is 0 Å². The fraction of sp³-hybridized carbons (Fsp3) is 0.125. The SMILES string of the molecule is N#C/C(C(=O)NCc1ccco1)=C1/S[C@@H](Cc2ccc(Cl)c(Cl)c2)C(=O)N1c1ccc(Br)cc1. The van der Waals surface area contributed by atoms with E-state index in [0.717, 1.165) is 10.0 Å². The molecule has 0 unspecified atom stereocenters. The van der Waals surface area contributed by atoms with Crippen LogP contribution in [-0.4, -0.2) is 17.1 Å². The number of carbonyl (C=O) groups excluding carboxylic acids is 2. The molecule has 2 heterocycles. The minimum absolute atomic E-state index is 0.119. The maximum atomic E-state index is 13.5. The van der Waals surface area contributed by atoms with Gasteiger partial charge in [-0.3, -0.25) is 14.5 Å². The third-order valence-electron chi connectivity index (χ3n) is 5.00. The number of nitriles is 1. The second-order valence-corrected chi connectivity index (χ2v) is 10.2. The highest BCUT2D eigenvalue weighted by Crippen LogP contribution is 2.42. The third-order valence-corrected chi connectivity index (χ3v) is 7.53. The molecule has 4 rings (SSSR count). The summed E-state index contributed by atoms with van der Waals surface area (Å²) in [4.78, 5) is 27.8. The number of halogens is 3. The number of hydrogen-bond acceptors (Lipinski definition) is 5. The number of amides is 2. The molecule has 1 fully saturated rings. The Morgan fingerprint density at radius 2 is 1.94 bits per heavy atom. The highest BCUT2D eigenvalue weighted by Gasteiger charge is 2.40. The minimum atomic E-state index is -0.591. The molecule has 0 saturated carbocycles. The molecule has 0 radical (unpaired) electrons. The van der Waals surface area contributed by atoms with Crippen LogP contribution in [0.25, 0.3) is 0 Å². The lowest BCUT2D eigenvalue weighted by Crippen LogP contribution is -2.32. The number of thioether (sulfide) groups is 1. The van der Waals surface area contributed by atoms with Crippen LogP contribution >= 0.6 is 50.9 Å². The maximum absolute atomic E-state index is 13.5. The molecule has 34 heavy (non-hydrogen) atoms. The van der Waals surface area contributed by atoms with Gasteiger partial charge in [-0.1, -0.05) is 57.0 Å². The average molecular weight is 577 g/mol. The van der Waals surface area contributed by atoms with Crippen molar-refractivity contribution in [2.75, 3.05) is 4.90 Å². The van der Waals surface area contributed by atoms with Crippen molar-refractivity contribution in [2.45, 2.75) is 18.2 Å². The van der Waals surface area contributed by atoms with Crippen LogP contribution in [0.3, 0.4) is 0 Å². The molecule has 3 aromatic rings. The van der Waals surface area contributed by atoms with Gasteiger partial charge in [-0.25, -0.2) is 0 Å². The van der Waals surface area contributed by atoms with Crippen LogP contribution in [0.2, 0.25) is 10.0 Å². The van der Waals surface area contributed by atoms with Crippen LogP contribution in [0.1, 0.15) is 11.3 Å². The number of furan rings is 1. The Kier molecular flexibility index (Phi) is 7.69. The minimum Gasteiger partial charge on any atom is -0.467 e. The van der Waals surface area contributed by atoms with Crippen LogP contribution in [0.5, 0.6) is 0 Å². The first-order chi connectivity index (χ1) is 16.4. The van der Waals surface area contributed by atoms with Gasteiger partial charge < -0.3 is 9.73 Å². The van der Waals surface area contributed by atoms with Gasteiger partial charge in [-0.05, 0) is 60.5 Å². The Morgan fingerprint density at radius 3 is 2.59 bits per heavy atom. The van der Waals surface area contributed by atoms with Crippen LogP contribution in [0, 0.1) is 11.3 Å². The summed E-state index contributed by atoms with van der Waals surface area (Å²) in [6.07, 6.45) is 1.85. The fourth-order valence-corrected chi connectivity index (χ4v) is 5.26. The molecule has 1 aliphatic heterocycles. The number of hydrogen-bond donors (Lipinski definition) is 1. The van der Waals surface area contributed by atoms with E-state index in [4.69, 9.17) is 27.6 Å². The van der Waals surface area contributed by atoms with E-state index in [-0.39, 0.29) is 23.1 Å². The molecule has 172 valence electrons. The molecule has 6 nitrogen and oxygen atoms in total. The maximum Gasteiger partial charge on any atom is 0.265 e. The predicted octanol–water partition coefficient (Wildman–Crippen LogP) is 6.09. The van der Waals surface area contributed by atoms with E-state index in [1.165, 1.54) is 22.9 Å². The first-order valence-electron chi connectivity index (χ1n) is 10.0. The number of nitrogens with zero attached hydrogens (tertiary/aromatic N) is 2. The normalized spacial score (nSPS) is 16.9. The van der Waals surface area contributed by atoms with Crippen molar-refractivity contribution in [3.63, 3.8) is 0 Å². The Bertz CT molecular complexity index is 1300. The van der Waals surface area contributed by atoms with Gasteiger partial charge in [-0.15, -0.1) is 0 Å². The van der Waals surface area contributed by atoms with Gasteiger partial charge in [0.05, 0.1) is 28.1 Å². The molecular weight excluding hydrogens is 561 g/mol. The lowest BCUT2D eigenvalue weighted by Gasteiger charge is -2.18. The first-order valence-corrected chi connectivity index (χ1v) is 12.5. The Morgan fingerprint density at radius 1 is 1.18 bits per heavy atom. The zero-order chi connectivity index (χ0) is 24.2. The molecule has 0 bridgehead atoms. The summed E-state index contributed by atoms with van der Waals surface area (Å²) in [5.74, 6) is -0.278. The average Bonchev–Trinajstić information content (AvgIpc) is 3.45. The number of nitrogens with one attached hydrogen (secondary N) is 1. The van der Waals surface area contributed by atoms with Gasteiger partial charge >= 0.3 is 0 Å². The Balaban J connectivity index is 1.68. The van der Waals surface area contributed by atoms with E-state index < -0.39 is 11.2 Å². The van der Waals surface area contributed by atoms with Crippen molar-refractivity contribution < 1.29 is 14.0 Å². The lowest BCUT2D eigenvalue weighted by atomic mass is 10.1. The fourth-order valence-electron chi connectivity index (χ4n) is 3.36. The van der Waals surface area contributed by atoms with E-state index in [9.17, 15) is 14.9 Å². The lowest BCUT2D eigenvalue weighted by molar-refractivity contribution is -0.117. The molecule has 1 aromatic heterocycles. The Hall–Kier alpha value is -2.70. The van der Waals surface area contributed by atoms with E-state index in [1.807, 2.05) is 6.07 Å². The highest BCUT2D eigenvalue weighted by atomic mass is 79.9. The molecule has 0 aliphatic carbocycles. The summed E-state index contributed by atoms with van der Waals surface area (Å²) in [5, 5.41) is 13.1. The molecule has 2 aromatic carbocycles. The van der Waals surface area contributed by atoms with Gasteiger partial charge in [0.2, 0.25) is 5.91 Å². The summed E-state index contributed by atoms with van der Waals surface area (Å²) in [7, 11) is 0. The molecule has 1 saturated heterocycles. The smallest absolute Gasteiger partial charge is 0.265 e. The first kappa shape index (κ1) is 24.4. The molecule has 1 aliphatic rings. The van der Waals surface area contributed by atoms with Crippen molar-refractivity contribution in [2.24, 2.45) is 0 Å². The number of benzene rings is 2. The summed E-state index contributed by atoms with van der Waals surface area (Å²) in [6, 6.07) is 17.7. The van der Waals surface area contributed by atoms with Gasteiger partial charge in [0, 0.05) is 10.2 Å². The Labute approximate surface area is 218 Å². The summed E-state index contributed by atoms with van der Waals surface area (Å²) < 4.78 is 6.07. The monoisotopic (exact) mass is 575 g/mol. The number of carbonyl (C=O) groups is 2. The standard InChI is InChI=1S/C24H16BrCl2N3O3S/c25-15-4-6-16(7-5-15)30-23(32)21(11-14-3-8-19(26)20(27)10-14)34-24(30)18(12-28)22(31)29-13-17-2-1-9-33-17/h1-10,21H,11,13H2,(H,29,31)/b24-18-/t21-/m0/s1. The van der Waals surface area contributed by atoms with Crippen molar-refractivity contribution in [3.8, 4) is 6.07 Å². The molecule has 0 spiro atoms. The topological polar surface area (TPSA) is 86.3 Å². The van der Waals surface area contributed by atoms with Crippen LogP contribution in [0.4, 0.5) is 5.69 Å². The number of anilines is 1. The predicted molar refractivity (Wildman–Crippen MR) is 136 cm³/mol. The summed E-state index contributed by atoms with van der Waals surface area (Å²) in [5.41, 5.74) is 1.22. The second kappa shape index (κ2) is 10.7. The van der Waals surface area contributed by atoms with Crippen LogP contribution < -0.4 is 10.2 Å². The van der Waals surface area contributed by atoms with Crippen molar-refractivity contribution in [1.29, 1.82) is 5.26 Å². The van der Waals surface area contributed by atoms with Crippen LogP contribution in [-0.2, 0) is 22.6 Å². The molecule has 2 amide bonds. The summed E-state index contributed by atoms with van der Waals surface area (Å²) >= 11 is 16.7. The van der Waals surface area contributed by atoms with Gasteiger partial charge in [0.1, 0.15) is 22.4 Å². The summed E-state index contributed by atoms with van der Waals surface area (Å²) in [6.45, 7) is 0.119. The molecule has 1 atom stereocenters. The zero-order valence-corrected chi connectivity index (χ0v) is 21.3. The second-order valence-electron chi connectivity index (χ2n) is 7.26. The third kappa shape index (κ3) is 5.34. The van der Waals surface area contributed by atoms with Crippen molar-refractivity contribution >= 4 is 68.4 Å². The highest BCUT2D eigenvalue weighted by molar-refractivity contribution is 9.10. The zero-order valence-electron chi connectivity index (χ0n) is 17.4. The van der Waals surface area contributed by atoms with E-state index in [2.05, 4.69) is 21.2 Å².